The van der Waals surface area contributed by atoms with Crippen molar-refractivity contribution < 1.29 is 8.42 Å². The van der Waals surface area contributed by atoms with E-state index in [9.17, 15) is 8.42 Å². The molecular weight excluding hydrogens is 212 g/mol. The summed E-state index contributed by atoms with van der Waals surface area (Å²) in [6.07, 6.45) is 3.90. The van der Waals surface area contributed by atoms with E-state index in [-0.39, 0.29) is 12.1 Å². The van der Waals surface area contributed by atoms with Gasteiger partial charge in [0.1, 0.15) is 0 Å². The van der Waals surface area contributed by atoms with Gasteiger partial charge in [0.15, 0.2) is 0 Å². The fraction of sp³-hybridized carbons (Fsp3) is 1.00. The molecule has 15 heavy (non-hydrogen) atoms. The minimum atomic E-state index is -3.26. The number of rotatable bonds is 4. The van der Waals surface area contributed by atoms with Crippen LogP contribution in [0, 0.1) is 0 Å². The summed E-state index contributed by atoms with van der Waals surface area (Å²) in [6, 6.07) is 0.256. The molecule has 0 amide bonds. The normalized spacial score (nSPS) is 29.3. The molecule has 2 atom stereocenters. The second-order valence-electron chi connectivity index (χ2n) is 4.36. The first-order chi connectivity index (χ1) is 6.99. The molecule has 0 radical (unpaired) electrons. The standard InChI is InChI=1S/C10H22N2O2S/c1-4-8-11-15(13,14)12-9(2)6-5-7-10(12)3/h9-11H,4-8H2,1-3H3. The first-order valence-electron chi connectivity index (χ1n) is 5.77. The Morgan fingerprint density at radius 2 is 1.80 bits per heavy atom. The lowest BCUT2D eigenvalue weighted by Gasteiger charge is -2.37. The Bertz CT molecular complexity index is 280. The number of piperidine rings is 1. The van der Waals surface area contributed by atoms with Gasteiger partial charge >= 0.3 is 0 Å². The van der Waals surface area contributed by atoms with E-state index < -0.39 is 10.2 Å². The minimum Gasteiger partial charge on any atom is -0.202 e. The summed E-state index contributed by atoms with van der Waals surface area (Å²) in [4.78, 5) is 0. The molecule has 4 nitrogen and oxygen atoms in total. The monoisotopic (exact) mass is 234 g/mol. The Balaban J connectivity index is 2.74. The van der Waals surface area contributed by atoms with E-state index in [1.54, 1.807) is 4.31 Å². The number of nitrogens with zero attached hydrogens (tertiary/aromatic N) is 1. The molecule has 0 saturated carbocycles. The molecule has 0 aromatic rings. The molecule has 1 N–H and O–H groups in total. The molecule has 0 spiro atoms. The highest BCUT2D eigenvalue weighted by Crippen LogP contribution is 2.24. The van der Waals surface area contributed by atoms with Gasteiger partial charge in [-0.2, -0.15) is 12.7 Å². The highest BCUT2D eigenvalue weighted by molar-refractivity contribution is 7.87. The summed E-state index contributed by atoms with van der Waals surface area (Å²) in [5.41, 5.74) is 0. The second kappa shape index (κ2) is 5.27. The fourth-order valence-electron chi connectivity index (χ4n) is 2.18. The number of hydrogen-bond acceptors (Lipinski definition) is 2. The molecule has 1 fully saturated rings. The van der Waals surface area contributed by atoms with Crippen molar-refractivity contribution >= 4 is 10.2 Å². The Morgan fingerprint density at radius 3 is 2.27 bits per heavy atom. The van der Waals surface area contributed by atoms with Crippen LogP contribution in [0.5, 0.6) is 0 Å². The lowest BCUT2D eigenvalue weighted by atomic mass is 10.0. The van der Waals surface area contributed by atoms with Crippen LogP contribution in [0.15, 0.2) is 0 Å². The van der Waals surface area contributed by atoms with Crippen molar-refractivity contribution in [2.24, 2.45) is 0 Å². The summed E-state index contributed by atoms with van der Waals surface area (Å²) in [7, 11) is -3.26. The molecule has 1 saturated heterocycles. The molecule has 0 aromatic heterocycles. The van der Waals surface area contributed by atoms with Gasteiger partial charge in [-0.15, -0.1) is 0 Å². The third-order valence-corrected chi connectivity index (χ3v) is 4.77. The van der Waals surface area contributed by atoms with Crippen LogP contribution in [-0.2, 0) is 10.2 Å². The topological polar surface area (TPSA) is 49.4 Å². The summed E-state index contributed by atoms with van der Waals surface area (Å²) in [6.45, 7) is 6.46. The Hall–Kier alpha value is -0.130. The van der Waals surface area contributed by atoms with Gasteiger partial charge in [0, 0.05) is 18.6 Å². The van der Waals surface area contributed by atoms with Gasteiger partial charge in [-0.1, -0.05) is 13.3 Å². The summed E-state index contributed by atoms with van der Waals surface area (Å²) in [5, 5.41) is 0. The van der Waals surface area contributed by atoms with Gasteiger partial charge in [-0.3, -0.25) is 0 Å². The predicted molar refractivity (Wildman–Crippen MR) is 61.8 cm³/mol. The Morgan fingerprint density at radius 1 is 1.27 bits per heavy atom. The molecule has 1 heterocycles. The molecule has 1 aliphatic heterocycles. The van der Waals surface area contributed by atoms with E-state index >= 15 is 0 Å². The van der Waals surface area contributed by atoms with Crippen LogP contribution in [0.25, 0.3) is 0 Å². The van der Waals surface area contributed by atoms with E-state index in [4.69, 9.17) is 0 Å². The van der Waals surface area contributed by atoms with Crippen molar-refractivity contribution in [2.75, 3.05) is 6.54 Å². The lowest BCUT2D eigenvalue weighted by Crippen LogP contribution is -2.52. The van der Waals surface area contributed by atoms with E-state index in [0.29, 0.717) is 6.54 Å². The summed E-state index contributed by atoms with van der Waals surface area (Å²) in [5.74, 6) is 0. The Kier molecular flexibility index (Phi) is 4.55. The van der Waals surface area contributed by atoms with Crippen LogP contribution in [0.1, 0.15) is 46.5 Å². The first kappa shape index (κ1) is 12.9. The van der Waals surface area contributed by atoms with E-state index in [1.807, 2.05) is 20.8 Å². The third kappa shape index (κ3) is 3.16. The SMILES string of the molecule is CCCNS(=O)(=O)N1C(C)CCCC1C. The van der Waals surface area contributed by atoms with Gasteiger partial charge in [0.25, 0.3) is 10.2 Å². The zero-order valence-corrected chi connectivity index (χ0v) is 10.7. The van der Waals surface area contributed by atoms with Crippen molar-refractivity contribution in [2.45, 2.75) is 58.5 Å². The van der Waals surface area contributed by atoms with Gasteiger partial charge in [0.05, 0.1) is 0 Å². The molecular formula is C10H22N2O2S. The van der Waals surface area contributed by atoms with Crippen molar-refractivity contribution in [1.29, 1.82) is 0 Å². The molecule has 1 aliphatic rings. The fourth-order valence-corrected chi connectivity index (χ4v) is 3.95. The molecule has 5 heteroatoms. The smallest absolute Gasteiger partial charge is 0.202 e. The maximum Gasteiger partial charge on any atom is 0.279 e. The third-order valence-electron chi connectivity index (χ3n) is 2.92. The van der Waals surface area contributed by atoms with Crippen molar-refractivity contribution in [3.8, 4) is 0 Å². The van der Waals surface area contributed by atoms with Crippen molar-refractivity contribution in [3.05, 3.63) is 0 Å². The van der Waals surface area contributed by atoms with Crippen molar-refractivity contribution in [1.82, 2.24) is 9.03 Å². The maximum absolute atomic E-state index is 12.0. The zero-order chi connectivity index (χ0) is 11.5. The van der Waals surface area contributed by atoms with Crippen LogP contribution in [0.3, 0.4) is 0 Å². The molecule has 0 aromatic carbocycles. The highest BCUT2D eigenvalue weighted by atomic mass is 32.2. The molecule has 0 bridgehead atoms. The number of hydrogen-bond donors (Lipinski definition) is 1. The zero-order valence-electron chi connectivity index (χ0n) is 9.86. The van der Waals surface area contributed by atoms with Crippen LogP contribution in [0.4, 0.5) is 0 Å². The second-order valence-corrected chi connectivity index (χ2v) is 6.02. The van der Waals surface area contributed by atoms with Crippen LogP contribution in [0.2, 0.25) is 0 Å². The van der Waals surface area contributed by atoms with E-state index in [0.717, 1.165) is 25.7 Å². The van der Waals surface area contributed by atoms with Gasteiger partial charge in [0.2, 0.25) is 0 Å². The molecule has 2 unspecified atom stereocenters. The van der Waals surface area contributed by atoms with Gasteiger partial charge in [-0.25, -0.2) is 4.72 Å². The first-order valence-corrected chi connectivity index (χ1v) is 7.21. The Labute approximate surface area is 93.2 Å². The minimum absolute atomic E-state index is 0.128. The molecule has 1 rings (SSSR count). The van der Waals surface area contributed by atoms with Gasteiger partial charge < -0.3 is 0 Å². The largest absolute Gasteiger partial charge is 0.279 e. The van der Waals surface area contributed by atoms with Gasteiger partial charge in [-0.05, 0) is 33.1 Å². The highest BCUT2D eigenvalue weighted by Gasteiger charge is 2.33. The van der Waals surface area contributed by atoms with Crippen LogP contribution in [-0.4, -0.2) is 31.4 Å². The molecule has 0 aliphatic carbocycles. The van der Waals surface area contributed by atoms with Crippen LogP contribution < -0.4 is 4.72 Å². The van der Waals surface area contributed by atoms with Crippen LogP contribution >= 0.6 is 0 Å². The average Bonchev–Trinajstić information content (AvgIpc) is 2.14. The van der Waals surface area contributed by atoms with Crippen molar-refractivity contribution in [3.63, 3.8) is 0 Å². The summed E-state index contributed by atoms with van der Waals surface area (Å²) >= 11 is 0. The number of nitrogens with one attached hydrogen (secondary N) is 1. The predicted octanol–water partition coefficient (Wildman–Crippen LogP) is 1.49. The average molecular weight is 234 g/mol. The maximum atomic E-state index is 12.0. The lowest BCUT2D eigenvalue weighted by molar-refractivity contribution is 0.202. The molecule has 90 valence electrons. The van der Waals surface area contributed by atoms with E-state index in [2.05, 4.69) is 4.72 Å². The van der Waals surface area contributed by atoms with E-state index in [1.165, 1.54) is 0 Å². The summed E-state index contributed by atoms with van der Waals surface area (Å²) < 4.78 is 28.2. The quantitative estimate of drug-likeness (QED) is 0.801.